The van der Waals surface area contributed by atoms with Gasteiger partial charge in [-0.25, -0.2) is 13.4 Å². The van der Waals surface area contributed by atoms with Crippen molar-refractivity contribution < 1.29 is 8.42 Å². The Kier molecular flexibility index (Phi) is 4.49. The van der Waals surface area contributed by atoms with Gasteiger partial charge in [-0.05, 0) is 36.2 Å². The Labute approximate surface area is 140 Å². The average Bonchev–Trinajstić information content (AvgIpc) is 2.60. The summed E-state index contributed by atoms with van der Waals surface area (Å²) in [5.74, 6) is 0.284. The first kappa shape index (κ1) is 16.4. The van der Waals surface area contributed by atoms with E-state index >= 15 is 0 Å². The molecular formula is C18H18N2O3S. The molecule has 0 fully saturated rings. The van der Waals surface area contributed by atoms with Crippen molar-refractivity contribution in [3.63, 3.8) is 0 Å². The van der Waals surface area contributed by atoms with E-state index in [-0.39, 0.29) is 17.7 Å². The summed E-state index contributed by atoms with van der Waals surface area (Å²) in [4.78, 5) is 19.3. The molecule has 2 aromatic carbocycles. The number of aromatic nitrogens is 2. The van der Waals surface area contributed by atoms with Crippen LogP contribution in [0.3, 0.4) is 0 Å². The molecule has 0 aliphatic carbocycles. The number of rotatable bonds is 5. The predicted molar refractivity (Wildman–Crippen MR) is 93.9 cm³/mol. The molecule has 1 heterocycles. The van der Waals surface area contributed by atoms with Gasteiger partial charge in [0.05, 0.1) is 21.6 Å². The maximum atomic E-state index is 12.4. The largest absolute Gasteiger partial charge is 0.310 e. The molecule has 0 atom stereocenters. The Bertz CT molecular complexity index is 1020. The normalized spacial score (nSPS) is 11.7. The van der Waals surface area contributed by atoms with Gasteiger partial charge in [0, 0.05) is 6.42 Å². The van der Waals surface area contributed by atoms with Crippen molar-refractivity contribution in [2.24, 2.45) is 0 Å². The molecule has 0 radical (unpaired) electrons. The van der Waals surface area contributed by atoms with E-state index in [9.17, 15) is 13.2 Å². The fourth-order valence-corrected chi connectivity index (χ4v) is 3.78. The molecule has 0 unspecified atom stereocenters. The fourth-order valence-electron chi connectivity index (χ4n) is 2.53. The first-order valence-corrected chi connectivity index (χ1v) is 9.44. The summed E-state index contributed by atoms with van der Waals surface area (Å²) in [7, 11) is -3.41. The Morgan fingerprint density at radius 3 is 2.46 bits per heavy atom. The van der Waals surface area contributed by atoms with Gasteiger partial charge in [0.1, 0.15) is 5.82 Å². The molecule has 0 spiro atoms. The molecule has 0 amide bonds. The first-order valence-electron chi connectivity index (χ1n) is 7.79. The summed E-state index contributed by atoms with van der Waals surface area (Å²) in [5.41, 5.74) is 1.41. The molecule has 0 bridgehead atoms. The molecule has 0 saturated carbocycles. The van der Waals surface area contributed by atoms with Crippen molar-refractivity contribution in [1.29, 1.82) is 0 Å². The number of aryl methyl sites for hydroxylation is 2. The number of nitrogens with zero attached hydrogens (tertiary/aromatic N) is 1. The van der Waals surface area contributed by atoms with E-state index in [2.05, 4.69) is 9.97 Å². The van der Waals surface area contributed by atoms with Crippen LogP contribution in [0.15, 0.2) is 58.2 Å². The lowest BCUT2D eigenvalue weighted by atomic mass is 10.2. The Hall–Kier alpha value is -2.47. The molecule has 24 heavy (non-hydrogen) atoms. The number of hydrogen-bond acceptors (Lipinski definition) is 4. The van der Waals surface area contributed by atoms with E-state index < -0.39 is 9.84 Å². The number of H-pyrrole nitrogens is 1. The van der Waals surface area contributed by atoms with E-state index in [1.807, 2.05) is 19.1 Å². The molecule has 3 aromatic rings. The highest BCUT2D eigenvalue weighted by Gasteiger charge is 2.15. The number of fused-ring (bicyclic) bond motifs is 1. The highest BCUT2D eigenvalue weighted by Crippen LogP contribution is 2.14. The number of hydrogen-bond donors (Lipinski definition) is 1. The zero-order valence-corrected chi connectivity index (χ0v) is 14.1. The summed E-state index contributed by atoms with van der Waals surface area (Å²) < 4.78 is 24.9. The van der Waals surface area contributed by atoms with Crippen LogP contribution in [0.1, 0.15) is 18.3 Å². The molecular weight excluding hydrogens is 324 g/mol. The van der Waals surface area contributed by atoms with Crippen LogP contribution in [-0.2, 0) is 22.7 Å². The van der Waals surface area contributed by atoms with Crippen LogP contribution in [0.5, 0.6) is 0 Å². The van der Waals surface area contributed by atoms with Gasteiger partial charge < -0.3 is 4.98 Å². The van der Waals surface area contributed by atoms with E-state index in [0.29, 0.717) is 21.6 Å². The Morgan fingerprint density at radius 1 is 1.04 bits per heavy atom. The molecule has 0 aliphatic heterocycles. The summed E-state index contributed by atoms with van der Waals surface area (Å²) >= 11 is 0. The van der Waals surface area contributed by atoms with Crippen LogP contribution in [0, 0.1) is 0 Å². The smallest absolute Gasteiger partial charge is 0.258 e. The van der Waals surface area contributed by atoms with Gasteiger partial charge >= 0.3 is 0 Å². The van der Waals surface area contributed by atoms with Crippen molar-refractivity contribution in [2.75, 3.05) is 5.75 Å². The second kappa shape index (κ2) is 6.57. The van der Waals surface area contributed by atoms with Crippen LogP contribution in [0.4, 0.5) is 0 Å². The highest BCUT2D eigenvalue weighted by atomic mass is 32.2. The zero-order chi connectivity index (χ0) is 17.2. The van der Waals surface area contributed by atoms with Gasteiger partial charge in [-0.2, -0.15) is 0 Å². The molecule has 6 heteroatoms. The zero-order valence-electron chi connectivity index (χ0n) is 13.3. The van der Waals surface area contributed by atoms with Crippen molar-refractivity contribution in [3.05, 3.63) is 70.3 Å². The molecule has 0 saturated heterocycles. The predicted octanol–water partition coefficient (Wildman–Crippen LogP) is 2.50. The topological polar surface area (TPSA) is 79.9 Å². The summed E-state index contributed by atoms with van der Waals surface area (Å²) in [6.07, 6.45) is 1.03. The van der Waals surface area contributed by atoms with Gasteiger partial charge in [-0.3, -0.25) is 4.79 Å². The van der Waals surface area contributed by atoms with Gasteiger partial charge in [0.15, 0.2) is 9.84 Å². The number of para-hydroxylation sites is 1. The van der Waals surface area contributed by atoms with Crippen LogP contribution in [0.2, 0.25) is 0 Å². The van der Waals surface area contributed by atoms with Crippen molar-refractivity contribution in [3.8, 4) is 0 Å². The minimum atomic E-state index is -3.41. The maximum absolute atomic E-state index is 12.4. The lowest BCUT2D eigenvalue weighted by Crippen LogP contribution is -2.16. The average molecular weight is 342 g/mol. The Balaban J connectivity index is 1.82. The molecule has 3 rings (SSSR count). The van der Waals surface area contributed by atoms with E-state index in [1.165, 1.54) is 0 Å². The van der Waals surface area contributed by atoms with Crippen LogP contribution in [-0.4, -0.2) is 24.1 Å². The quantitative estimate of drug-likeness (QED) is 0.772. The summed E-state index contributed by atoms with van der Waals surface area (Å²) in [6.45, 7) is 2.02. The maximum Gasteiger partial charge on any atom is 0.258 e. The van der Waals surface area contributed by atoms with E-state index in [0.717, 1.165) is 12.0 Å². The lowest BCUT2D eigenvalue weighted by molar-refractivity contribution is 0.594. The van der Waals surface area contributed by atoms with Crippen molar-refractivity contribution in [2.45, 2.75) is 24.7 Å². The van der Waals surface area contributed by atoms with Crippen LogP contribution < -0.4 is 5.56 Å². The number of nitrogens with one attached hydrogen (secondary N) is 1. The highest BCUT2D eigenvalue weighted by molar-refractivity contribution is 7.91. The van der Waals surface area contributed by atoms with E-state index in [4.69, 9.17) is 0 Å². The number of aromatic amines is 1. The third kappa shape index (κ3) is 3.38. The van der Waals surface area contributed by atoms with Gasteiger partial charge in [0.25, 0.3) is 5.56 Å². The third-order valence-electron chi connectivity index (χ3n) is 3.96. The van der Waals surface area contributed by atoms with Crippen LogP contribution in [0.25, 0.3) is 10.9 Å². The monoisotopic (exact) mass is 342 g/mol. The molecule has 124 valence electrons. The molecule has 0 aliphatic rings. The first-order chi connectivity index (χ1) is 11.5. The molecule has 5 nitrogen and oxygen atoms in total. The number of benzene rings is 2. The van der Waals surface area contributed by atoms with Gasteiger partial charge in [0.2, 0.25) is 0 Å². The molecule has 1 N–H and O–H groups in total. The van der Waals surface area contributed by atoms with Crippen LogP contribution >= 0.6 is 0 Å². The second-order valence-corrected chi connectivity index (χ2v) is 7.71. The van der Waals surface area contributed by atoms with Gasteiger partial charge in [-0.15, -0.1) is 0 Å². The van der Waals surface area contributed by atoms with Gasteiger partial charge in [-0.1, -0.05) is 31.2 Å². The Morgan fingerprint density at radius 2 is 1.75 bits per heavy atom. The molecule has 1 aromatic heterocycles. The van der Waals surface area contributed by atoms with Crippen molar-refractivity contribution in [1.82, 2.24) is 9.97 Å². The lowest BCUT2D eigenvalue weighted by Gasteiger charge is -2.06. The SMILES string of the molecule is CCc1ccc(S(=O)(=O)CCc2nc3ccccc3c(=O)[nH]2)cc1. The summed E-state index contributed by atoms with van der Waals surface area (Å²) in [5, 5.41) is 0.499. The van der Waals surface area contributed by atoms with E-state index in [1.54, 1.807) is 36.4 Å². The fraction of sp³-hybridized carbons (Fsp3) is 0.222. The minimum Gasteiger partial charge on any atom is -0.310 e. The van der Waals surface area contributed by atoms with Crippen molar-refractivity contribution >= 4 is 20.7 Å². The summed E-state index contributed by atoms with van der Waals surface area (Å²) in [6, 6.07) is 13.9. The number of sulfone groups is 1. The minimum absolute atomic E-state index is 0.0975. The third-order valence-corrected chi connectivity index (χ3v) is 5.69. The standard InChI is InChI=1S/C18H18N2O3S/c1-2-13-7-9-14(10-8-13)24(22,23)12-11-17-19-16-6-4-3-5-15(16)18(21)20-17/h3-10H,2,11-12H2,1H3,(H,19,20,21). The second-order valence-electron chi connectivity index (χ2n) is 5.60.